The van der Waals surface area contributed by atoms with E-state index in [2.05, 4.69) is 22.2 Å². The normalized spacial score (nSPS) is 16.9. The Morgan fingerprint density at radius 3 is 2.45 bits per heavy atom. The van der Waals surface area contributed by atoms with Crippen LogP contribution in [0.1, 0.15) is 36.9 Å². The molecule has 0 spiro atoms. The number of aryl methyl sites for hydroxylation is 1. The molecule has 1 saturated carbocycles. The number of carbonyl (C=O) groups excluding carboxylic acids is 1. The van der Waals surface area contributed by atoms with Gasteiger partial charge in [0, 0.05) is 11.9 Å². The van der Waals surface area contributed by atoms with Gasteiger partial charge in [-0.3, -0.25) is 0 Å². The van der Waals surface area contributed by atoms with Crippen LogP contribution >= 0.6 is 0 Å². The summed E-state index contributed by atoms with van der Waals surface area (Å²) in [5.74, 6) is 0. The molecule has 4 heteroatoms. The number of hydrogen-bond donors (Lipinski definition) is 0. The molecule has 4 nitrogen and oxygen atoms in total. The van der Waals surface area contributed by atoms with Gasteiger partial charge in [0.25, 0.3) is 0 Å². The molecule has 0 bridgehead atoms. The summed E-state index contributed by atoms with van der Waals surface area (Å²) in [5, 5.41) is 4.30. The Labute approximate surface area is 118 Å². The topological polar surface area (TPSA) is 47.2 Å². The molecule has 102 valence electrons. The van der Waals surface area contributed by atoms with E-state index in [0.717, 1.165) is 42.6 Å². The maximum Gasteiger partial charge on any atom is 0.235 e. The maximum absolute atomic E-state index is 10.7. The van der Waals surface area contributed by atoms with E-state index in [1.165, 1.54) is 0 Å². The van der Waals surface area contributed by atoms with Crippen molar-refractivity contribution >= 4 is 6.08 Å². The van der Waals surface area contributed by atoms with E-state index in [-0.39, 0.29) is 5.54 Å². The van der Waals surface area contributed by atoms with Crippen LogP contribution in [0.2, 0.25) is 0 Å². The fraction of sp³-hybridized carbons (Fsp3) is 0.375. The molecule has 1 fully saturated rings. The van der Waals surface area contributed by atoms with Gasteiger partial charge >= 0.3 is 0 Å². The van der Waals surface area contributed by atoms with E-state index >= 15 is 0 Å². The van der Waals surface area contributed by atoms with E-state index in [4.69, 9.17) is 0 Å². The SMILES string of the molecule is Cc1ccnn1-c1ccc(C2(N=C=O)CCCC2)cc1. The van der Waals surface area contributed by atoms with Crippen molar-refractivity contribution in [3.63, 3.8) is 0 Å². The summed E-state index contributed by atoms with van der Waals surface area (Å²) in [5.41, 5.74) is 2.88. The Morgan fingerprint density at radius 2 is 1.90 bits per heavy atom. The Hall–Kier alpha value is -2.19. The molecule has 1 aromatic heterocycles. The monoisotopic (exact) mass is 267 g/mol. The van der Waals surface area contributed by atoms with Gasteiger partial charge in [-0.05, 0) is 43.5 Å². The lowest BCUT2D eigenvalue weighted by Gasteiger charge is -2.23. The minimum absolute atomic E-state index is 0.348. The number of nitrogens with zero attached hydrogens (tertiary/aromatic N) is 3. The summed E-state index contributed by atoms with van der Waals surface area (Å²) in [6.45, 7) is 2.02. The van der Waals surface area contributed by atoms with E-state index in [0.29, 0.717) is 0 Å². The van der Waals surface area contributed by atoms with Crippen molar-refractivity contribution in [2.75, 3.05) is 0 Å². The van der Waals surface area contributed by atoms with Crippen LogP contribution in [0.5, 0.6) is 0 Å². The lowest BCUT2D eigenvalue weighted by Crippen LogP contribution is -2.18. The molecule has 20 heavy (non-hydrogen) atoms. The number of isocyanates is 1. The first-order valence-electron chi connectivity index (χ1n) is 6.96. The molecule has 3 rings (SSSR count). The number of rotatable bonds is 3. The highest BCUT2D eigenvalue weighted by molar-refractivity contribution is 5.42. The summed E-state index contributed by atoms with van der Waals surface area (Å²) in [4.78, 5) is 14.8. The molecule has 0 N–H and O–H groups in total. The second-order valence-electron chi connectivity index (χ2n) is 5.37. The van der Waals surface area contributed by atoms with E-state index in [9.17, 15) is 4.79 Å². The van der Waals surface area contributed by atoms with E-state index < -0.39 is 0 Å². The lowest BCUT2D eigenvalue weighted by molar-refractivity contribution is 0.456. The van der Waals surface area contributed by atoms with Crippen LogP contribution < -0.4 is 0 Å². The van der Waals surface area contributed by atoms with Crippen LogP contribution in [0.25, 0.3) is 5.69 Å². The van der Waals surface area contributed by atoms with Gasteiger partial charge in [-0.15, -0.1) is 0 Å². The zero-order valence-electron chi connectivity index (χ0n) is 11.5. The molecule has 0 saturated heterocycles. The lowest BCUT2D eigenvalue weighted by atomic mass is 9.89. The quantitative estimate of drug-likeness (QED) is 0.633. The summed E-state index contributed by atoms with van der Waals surface area (Å²) in [7, 11) is 0. The van der Waals surface area contributed by atoms with Crippen LogP contribution in [0.15, 0.2) is 41.5 Å². The number of hydrogen-bond acceptors (Lipinski definition) is 3. The van der Waals surface area contributed by atoms with E-state index in [1.807, 2.05) is 29.8 Å². The summed E-state index contributed by atoms with van der Waals surface area (Å²) in [6, 6.07) is 10.2. The Balaban J connectivity index is 1.97. The minimum atomic E-state index is -0.348. The zero-order valence-corrected chi connectivity index (χ0v) is 11.5. The highest BCUT2D eigenvalue weighted by atomic mass is 16.1. The van der Waals surface area contributed by atoms with Gasteiger partial charge in [0.05, 0.1) is 11.2 Å². The second kappa shape index (κ2) is 5.06. The largest absolute Gasteiger partial charge is 0.238 e. The molecule has 1 heterocycles. The van der Waals surface area contributed by atoms with Crippen LogP contribution in [0.4, 0.5) is 0 Å². The van der Waals surface area contributed by atoms with Crippen LogP contribution in [-0.2, 0) is 10.3 Å². The smallest absolute Gasteiger partial charge is 0.235 e. The molecular weight excluding hydrogens is 250 g/mol. The standard InChI is InChI=1S/C16H17N3O/c1-13-8-11-18-19(13)15-6-4-14(5-7-15)16(17-12-20)9-2-3-10-16/h4-8,11H,2-3,9-10H2,1H3. The molecule has 1 aromatic carbocycles. The number of aliphatic imine (C=N–C) groups is 1. The Morgan fingerprint density at radius 1 is 1.20 bits per heavy atom. The van der Waals surface area contributed by atoms with Crippen molar-refractivity contribution in [3.05, 3.63) is 47.8 Å². The highest BCUT2D eigenvalue weighted by Crippen LogP contribution is 2.42. The van der Waals surface area contributed by atoms with Gasteiger partial charge in [0.15, 0.2) is 0 Å². The molecule has 2 aromatic rings. The predicted molar refractivity (Wildman–Crippen MR) is 76.6 cm³/mol. The number of aromatic nitrogens is 2. The molecule has 0 amide bonds. The third-order valence-corrected chi connectivity index (χ3v) is 4.17. The van der Waals surface area contributed by atoms with Gasteiger partial charge in [-0.1, -0.05) is 25.0 Å². The van der Waals surface area contributed by atoms with Crippen molar-refractivity contribution in [2.45, 2.75) is 38.1 Å². The first-order valence-corrected chi connectivity index (χ1v) is 6.96. The third kappa shape index (κ3) is 2.08. The second-order valence-corrected chi connectivity index (χ2v) is 5.37. The average Bonchev–Trinajstić information content (AvgIpc) is 3.09. The van der Waals surface area contributed by atoms with Gasteiger partial charge in [-0.2, -0.15) is 10.1 Å². The van der Waals surface area contributed by atoms with Gasteiger partial charge in [-0.25, -0.2) is 9.48 Å². The molecule has 1 aliphatic carbocycles. The van der Waals surface area contributed by atoms with Crippen molar-refractivity contribution in [3.8, 4) is 5.69 Å². The van der Waals surface area contributed by atoms with Crippen LogP contribution in [0.3, 0.4) is 0 Å². The highest BCUT2D eigenvalue weighted by Gasteiger charge is 2.35. The van der Waals surface area contributed by atoms with Gasteiger partial charge in [0.1, 0.15) is 0 Å². The molecule has 0 radical (unpaired) electrons. The van der Waals surface area contributed by atoms with Gasteiger partial charge in [0.2, 0.25) is 6.08 Å². The fourth-order valence-corrected chi connectivity index (χ4v) is 3.07. The molecule has 0 atom stereocenters. The summed E-state index contributed by atoms with van der Waals surface area (Å²) >= 11 is 0. The van der Waals surface area contributed by atoms with Crippen molar-refractivity contribution in [2.24, 2.45) is 4.99 Å². The molecule has 0 unspecified atom stereocenters. The number of benzene rings is 1. The Kier molecular flexibility index (Phi) is 3.25. The van der Waals surface area contributed by atoms with Crippen molar-refractivity contribution < 1.29 is 4.79 Å². The Bertz CT molecular complexity index is 645. The fourth-order valence-electron chi connectivity index (χ4n) is 3.07. The van der Waals surface area contributed by atoms with Crippen LogP contribution in [-0.4, -0.2) is 15.9 Å². The first kappa shape index (κ1) is 12.8. The predicted octanol–water partition coefficient (Wildman–Crippen LogP) is 3.29. The molecule has 0 aliphatic heterocycles. The third-order valence-electron chi connectivity index (χ3n) is 4.17. The van der Waals surface area contributed by atoms with E-state index in [1.54, 1.807) is 12.3 Å². The van der Waals surface area contributed by atoms with Crippen molar-refractivity contribution in [1.29, 1.82) is 0 Å². The molecule has 1 aliphatic rings. The minimum Gasteiger partial charge on any atom is -0.238 e. The maximum atomic E-state index is 10.7. The summed E-state index contributed by atoms with van der Waals surface area (Å²) in [6.07, 6.45) is 7.65. The first-order chi connectivity index (χ1) is 9.75. The zero-order chi connectivity index (χ0) is 14.0. The molecular formula is C16H17N3O. The van der Waals surface area contributed by atoms with Crippen LogP contribution in [0, 0.1) is 6.92 Å². The van der Waals surface area contributed by atoms with Crippen molar-refractivity contribution in [1.82, 2.24) is 9.78 Å². The van der Waals surface area contributed by atoms with Gasteiger partial charge < -0.3 is 0 Å². The average molecular weight is 267 g/mol. The summed E-state index contributed by atoms with van der Waals surface area (Å²) < 4.78 is 1.90.